The number of rotatable bonds is 3. The van der Waals surface area contributed by atoms with Crippen LogP contribution in [0.2, 0.25) is 0 Å². The third kappa shape index (κ3) is 3.52. The van der Waals surface area contributed by atoms with Gasteiger partial charge in [0.2, 0.25) is 0 Å². The fourth-order valence-corrected chi connectivity index (χ4v) is 2.20. The van der Waals surface area contributed by atoms with E-state index in [-0.39, 0.29) is 12.1 Å². The van der Waals surface area contributed by atoms with E-state index in [0.717, 1.165) is 32.3 Å². The molecular formula is C12H20N2O2. The summed E-state index contributed by atoms with van der Waals surface area (Å²) in [6.07, 6.45) is 9.01. The molecular weight excluding hydrogens is 204 g/mol. The van der Waals surface area contributed by atoms with Crippen molar-refractivity contribution in [1.29, 1.82) is 0 Å². The summed E-state index contributed by atoms with van der Waals surface area (Å²) in [5, 5.41) is 5.61. The number of carbonyl (C=O) groups is 1. The molecule has 1 saturated heterocycles. The summed E-state index contributed by atoms with van der Waals surface area (Å²) in [4.78, 5) is 11.4. The molecule has 2 rings (SSSR count). The molecule has 1 aliphatic carbocycles. The lowest BCUT2D eigenvalue weighted by molar-refractivity contribution is 0.111. The van der Waals surface area contributed by atoms with Gasteiger partial charge in [-0.15, -0.1) is 0 Å². The molecule has 2 N–H and O–H groups in total. The Bertz CT molecular complexity index is 262. The Hall–Kier alpha value is -1.03. The quantitative estimate of drug-likeness (QED) is 0.769. The molecule has 2 fully saturated rings. The minimum Gasteiger partial charge on any atom is -0.376 e. The lowest BCUT2D eigenvalue weighted by atomic mass is 10.2. The van der Waals surface area contributed by atoms with Crippen LogP contribution >= 0.6 is 0 Å². The van der Waals surface area contributed by atoms with Crippen LogP contribution in [0.4, 0.5) is 4.79 Å². The Morgan fingerprint density at radius 1 is 1.38 bits per heavy atom. The fourth-order valence-electron chi connectivity index (χ4n) is 2.20. The van der Waals surface area contributed by atoms with Gasteiger partial charge in [0.15, 0.2) is 0 Å². The molecule has 0 aromatic carbocycles. The SMILES string of the molecule is O=C(NC=C1CCCC1)NCC1CCCO1. The van der Waals surface area contributed by atoms with Gasteiger partial charge in [0.25, 0.3) is 0 Å². The molecule has 4 heteroatoms. The van der Waals surface area contributed by atoms with Crippen LogP contribution in [0.3, 0.4) is 0 Å². The highest BCUT2D eigenvalue weighted by atomic mass is 16.5. The number of nitrogens with one attached hydrogen (secondary N) is 2. The second-order valence-electron chi connectivity index (χ2n) is 4.50. The maximum absolute atomic E-state index is 11.4. The van der Waals surface area contributed by atoms with Crippen LogP contribution in [0.15, 0.2) is 11.8 Å². The van der Waals surface area contributed by atoms with E-state index in [0.29, 0.717) is 6.54 Å². The summed E-state index contributed by atoms with van der Waals surface area (Å²) in [7, 11) is 0. The fraction of sp³-hybridized carbons (Fsp3) is 0.750. The Morgan fingerprint density at radius 2 is 2.19 bits per heavy atom. The molecule has 0 radical (unpaired) electrons. The van der Waals surface area contributed by atoms with Gasteiger partial charge in [-0.1, -0.05) is 5.57 Å². The smallest absolute Gasteiger partial charge is 0.318 e. The number of allylic oxidation sites excluding steroid dienone is 1. The monoisotopic (exact) mass is 224 g/mol. The second kappa shape index (κ2) is 5.89. The Labute approximate surface area is 96.4 Å². The summed E-state index contributed by atoms with van der Waals surface area (Å²) >= 11 is 0. The highest BCUT2D eigenvalue weighted by Crippen LogP contribution is 2.22. The third-order valence-corrected chi connectivity index (χ3v) is 3.17. The van der Waals surface area contributed by atoms with E-state index in [1.165, 1.54) is 18.4 Å². The number of ether oxygens (including phenoxy) is 1. The van der Waals surface area contributed by atoms with Gasteiger partial charge in [0, 0.05) is 19.4 Å². The van der Waals surface area contributed by atoms with Crippen molar-refractivity contribution in [3.63, 3.8) is 0 Å². The highest BCUT2D eigenvalue weighted by molar-refractivity contribution is 5.75. The van der Waals surface area contributed by atoms with E-state index in [1.807, 2.05) is 6.20 Å². The van der Waals surface area contributed by atoms with Gasteiger partial charge in [-0.2, -0.15) is 0 Å². The van der Waals surface area contributed by atoms with Crippen molar-refractivity contribution in [2.75, 3.05) is 13.2 Å². The van der Waals surface area contributed by atoms with Crippen molar-refractivity contribution in [2.24, 2.45) is 0 Å². The molecule has 0 aromatic heterocycles. The van der Waals surface area contributed by atoms with E-state index in [9.17, 15) is 4.79 Å². The first-order valence-electron chi connectivity index (χ1n) is 6.18. The molecule has 1 saturated carbocycles. The van der Waals surface area contributed by atoms with Crippen molar-refractivity contribution in [2.45, 2.75) is 44.6 Å². The number of carbonyl (C=O) groups excluding carboxylic acids is 1. The lowest BCUT2D eigenvalue weighted by Gasteiger charge is -2.10. The molecule has 16 heavy (non-hydrogen) atoms. The number of urea groups is 1. The summed E-state index contributed by atoms with van der Waals surface area (Å²) in [6, 6.07) is -0.116. The zero-order chi connectivity index (χ0) is 11.2. The Morgan fingerprint density at radius 3 is 2.88 bits per heavy atom. The van der Waals surface area contributed by atoms with Gasteiger partial charge < -0.3 is 15.4 Å². The average Bonchev–Trinajstić information content (AvgIpc) is 2.96. The topological polar surface area (TPSA) is 50.4 Å². The second-order valence-corrected chi connectivity index (χ2v) is 4.50. The van der Waals surface area contributed by atoms with E-state index >= 15 is 0 Å². The van der Waals surface area contributed by atoms with Gasteiger partial charge in [0.05, 0.1) is 6.10 Å². The van der Waals surface area contributed by atoms with Crippen LogP contribution in [-0.2, 0) is 4.74 Å². The van der Waals surface area contributed by atoms with E-state index in [2.05, 4.69) is 10.6 Å². The molecule has 1 atom stereocenters. The van der Waals surface area contributed by atoms with Crippen molar-refractivity contribution in [3.8, 4) is 0 Å². The molecule has 2 amide bonds. The highest BCUT2D eigenvalue weighted by Gasteiger charge is 2.15. The van der Waals surface area contributed by atoms with Gasteiger partial charge >= 0.3 is 6.03 Å². The average molecular weight is 224 g/mol. The maximum atomic E-state index is 11.4. The van der Waals surface area contributed by atoms with Crippen LogP contribution in [0, 0.1) is 0 Å². The van der Waals surface area contributed by atoms with Crippen molar-refractivity contribution >= 4 is 6.03 Å². The minimum atomic E-state index is -0.116. The number of hydrogen-bond acceptors (Lipinski definition) is 2. The largest absolute Gasteiger partial charge is 0.376 e. The van der Waals surface area contributed by atoms with Crippen LogP contribution in [0.25, 0.3) is 0 Å². The molecule has 1 aliphatic heterocycles. The molecule has 0 bridgehead atoms. The summed E-state index contributed by atoms with van der Waals surface area (Å²) in [5.41, 5.74) is 1.35. The Kier molecular flexibility index (Phi) is 4.22. The number of hydrogen-bond donors (Lipinski definition) is 2. The first kappa shape index (κ1) is 11.5. The number of amides is 2. The lowest BCUT2D eigenvalue weighted by Crippen LogP contribution is -2.37. The molecule has 0 spiro atoms. The predicted molar refractivity (Wildman–Crippen MR) is 62.1 cm³/mol. The standard InChI is InChI=1S/C12H20N2O2/c15-12(13-8-10-4-1-2-5-10)14-9-11-6-3-7-16-11/h8,11H,1-7,9H2,(H2,13,14,15). The summed E-state index contributed by atoms with van der Waals surface area (Å²) in [6.45, 7) is 1.45. The van der Waals surface area contributed by atoms with Crippen LogP contribution in [0.1, 0.15) is 38.5 Å². The van der Waals surface area contributed by atoms with Gasteiger partial charge in [0.1, 0.15) is 0 Å². The van der Waals surface area contributed by atoms with E-state index in [4.69, 9.17) is 4.74 Å². The summed E-state index contributed by atoms with van der Waals surface area (Å²) in [5.74, 6) is 0. The summed E-state index contributed by atoms with van der Waals surface area (Å²) < 4.78 is 5.42. The molecule has 1 heterocycles. The van der Waals surface area contributed by atoms with E-state index in [1.54, 1.807) is 0 Å². The zero-order valence-corrected chi connectivity index (χ0v) is 9.63. The van der Waals surface area contributed by atoms with Crippen LogP contribution < -0.4 is 10.6 Å². The van der Waals surface area contributed by atoms with Crippen LogP contribution in [0.5, 0.6) is 0 Å². The molecule has 90 valence electrons. The molecule has 2 aliphatic rings. The Balaban J connectivity index is 1.62. The maximum Gasteiger partial charge on any atom is 0.318 e. The predicted octanol–water partition coefficient (Wildman–Crippen LogP) is 1.92. The zero-order valence-electron chi connectivity index (χ0n) is 9.63. The first-order valence-corrected chi connectivity index (χ1v) is 6.18. The molecule has 4 nitrogen and oxygen atoms in total. The van der Waals surface area contributed by atoms with Crippen molar-refractivity contribution in [3.05, 3.63) is 11.8 Å². The minimum absolute atomic E-state index is 0.116. The van der Waals surface area contributed by atoms with Gasteiger partial charge in [-0.3, -0.25) is 0 Å². The third-order valence-electron chi connectivity index (χ3n) is 3.17. The van der Waals surface area contributed by atoms with Gasteiger partial charge in [-0.25, -0.2) is 4.79 Å². The normalized spacial score (nSPS) is 24.5. The van der Waals surface area contributed by atoms with Crippen molar-refractivity contribution < 1.29 is 9.53 Å². The first-order chi connectivity index (χ1) is 7.84. The van der Waals surface area contributed by atoms with E-state index < -0.39 is 0 Å². The molecule has 0 aromatic rings. The van der Waals surface area contributed by atoms with Crippen LogP contribution in [-0.4, -0.2) is 25.3 Å². The van der Waals surface area contributed by atoms with Crippen molar-refractivity contribution in [1.82, 2.24) is 10.6 Å². The van der Waals surface area contributed by atoms with Gasteiger partial charge in [-0.05, 0) is 38.5 Å². The molecule has 1 unspecified atom stereocenters.